The highest BCUT2D eigenvalue weighted by molar-refractivity contribution is 7.07. The van der Waals surface area contributed by atoms with Crippen LogP contribution in [0.5, 0.6) is 0 Å². The fourth-order valence-electron chi connectivity index (χ4n) is 0.289. The molecule has 1 heterocycles. The van der Waals surface area contributed by atoms with Crippen molar-refractivity contribution < 1.29 is 0 Å². The highest BCUT2D eigenvalue weighted by Crippen LogP contribution is 1.94. The van der Waals surface area contributed by atoms with Crippen LogP contribution in [0.2, 0.25) is 5.15 Å². The lowest BCUT2D eigenvalue weighted by Gasteiger charge is -1.78. The highest BCUT2D eigenvalue weighted by Gasteiger charge is 1.89. The van der Waals surface area contributed by atoms with Crippen LogP contribution in [0.4, 0.5) is 0 Å². The second-order valence-electron chi connectivity index (χ2n) is 1.11. The topological polar surface area (TPSA) is 30.0 Å². The van der Waals surface area contributed by atoms with E-state index in [1.54, 1.807) is 5.38 Å². The molecule has 0 aliphatic rings. The monoisotopic (exact) mass is 147 g/mol. The summed E-state index contributed by atoms with van der Waals surface area (Å²) in [6.07, 6.45) is 1.49. The number of nitrogens with zero attached hydrogens (tertiary/aromatic N) is 1. The minimum absolute atomic E-state index is 0.0532. The van der Waals surface area contributed by atoms with Gasteiger partial charge in [-0.3, -0.25) is 4.79 Å². The standard InChI is InChI=1S/C4H2ClNOS/c5-3-4(7)8-2-1-6-3/h1-2H. The zero-order chi connectivity index (χ0) is 5.98. The zero-order valence-corrected chi connectivity index (χ0v) is 5.37. The van der Waals surface area contributed by atoms with Crippen molar-refractivity contribution in [3.05, 3.63) is 26.3 Å². The van der Waals surface area contributed by atoms with E-state index in [0.717, 1.165) is 11.3 Å². The first-order valence-corrected chi connectivity index (χ1v) is 3.16. The third-order valence-corrected chi connectivity index (χ3v) is 1.64. The summed E-state index contributed by atoms with van der Waals surface area (Å²) < 4.78 is -0.186. The van der Waals surface area contributed by atoms with Gasteiger partial charge in [-0.2, -0.15) is 0 Å². The molecule has 0 N–H and O–H groups in total. The first kappa shape index (κ1) is 5.72. The molecule has 1 rings (SSSR count). The summed E-state index contributed by atoms with van der Waals surface area (Å²) in [4.78, 5) is 14.0. The van der Waals surface area contributed by atoms with E-state index in [1.807, 2.05) is 0 Å². The Morgan fingerprint density at radius 2 is 2.50 bits per heavy atom. The Morgan fingerprint density at radius 3 is 2.88 bits per heavy atom. The van der Waals surface area contributed by atoms with Gasteiger partial charge in [-0.25, -0.2) is 4.98 Å². The van der Waals surface area contributed by atoms with Crippen molar-refractivity contribution in [3.8, 4) is 0 Å². The number of hydrogen-bond donors (Lipinski definition) is 0. The van der Waals surface area contributed by atoms with Crippen molar-refractivity contribution in [1.82, 2.24) is 4.98 Å². The largest absolute Gasteiger partial charge is 0.274 e. The van der Waals surface area contributed by atoms with Crippen LogP contribution in [-0.4, -0.2) is 4.98 Å². The molecule has 0 unspecified atom stereocenters. The lowest BCUT2D eigenvalue weighted by atomic mass is 10.9. The Bertz CT molecular complexity index is 233. The number of hydrogen-bond acceptors (Lipinski definition) is 3. The predicted molar refractivity (Wildman–Crippen MR) is 33.4 cm³/mol. The molecular formula is C4H2ClNOS. The Kier molecular flexibility index (Phi) is 1.60. The van der Waals surface area contributed by atoms with E-state index in [-0.39, 0.29) is 9.90 Å². The number of aromatic nitrogens is 1. The van der Waals surface area contributed by atoms with Crippen molar-refractivity contribution >= 4 is 22.9 Å². The van der Waals surface area contributed by atoms with Gasteiger partial charge in [-0.15, -0.1) is 0 Å². The van der Waals surface area contributed by atoms with Crippen molar-refractivity contribution in [2.24, 2.45) is 0 Å². The fourth-order valence-corrected chi connectivity index (χ4v) is 0.875. The molecule has 0 radical (unpaired) electrons. The molecule has 1 aromatic heterocycles. The van der Waals surface area contributed by atoms with Gasteiger partial charge in [0.2, 0.25) is 0 Å². The molecule has 0 aliphatic carbocycles. The molecule has 0 fully saturated rings. The van der Waals surface area contributed by atoms with E-state index in [1.165, 1.54) is 6.20 Å². The zero-order valence-electron chi connectivity index (χ0n) is 3.80. The van der Waals surface area contributed by atoms with Crippen LogP contribution in [0.3, 0.4) is 0 Å². The maximum Gasteiger partial charge on any atom is 0.269 e. The van der Waals surface area contributed by atoms with Crippen molar-refractivity contribution in [3.63, 3.8) is 0 Å². The van der Waals surface area contributed by atoms with Gasteiger partial charge in [0.15, 0.2) is 5.15 Å². The summed E-state index contributed by atoms with van der Waals surface area (Å²) in [6.45, 7) is 0. The Balaban J connectivity index is 3.35. The Morgan fingerprint density at radius 1 is 1.75 bits per heavy atom. The van der Waals surface area contributed by atoms with Crippen LogP contribution in [0.25, 0.3) is 0 Å². The van der Waals surface area contributed by atoms with Crippen LogP contribution in [0.1, 0.15) is 0 Å². The third kappa shape index (κ3) is 1.05. The molecule has 0 bridgehead atoms. The molecule has 1 aromatic rings. The minimum Gasteiger partial charge on any atom is -0.274 e. The average molecular weight is 148 g/mol. The maximum absolute atomic E-state index is 10.4. The second-order valence-corrected chi connectivity index (χ2v) is 2.35. The van der Waals surface area contributed by atoms with E-state index in [0.29, 0.717) is 0 Å². The van der Waals surface area contributed by atoms with E-state index < -0.39 is 0 Å². The van der Waals surface area contributed by atoms with Gasteiger partial charge >= 0.3 is 0 Å². The van der Waals surface area contributed by atoms with E-state index in [2.05, 4.69) is 4.98 Å². The van der Waals surface area contributed by atoms with Gasteiger partial charge in [0, 0.05) is 11.6 Å². The normalized spacial score (nSPS) is 9.12. The fraction of sp³-hybridized carbons (Fsp3) is 0. The molecule has 42 valence electrons. The molecular weight excluding hydrogens is 146 g/mol. The van der Waals surface area contributed by atoms with Gasteiger partial charge in [-0.05, 0) is 0 Å². The van der Waals surface area contributed by atoms with Crippen LogP contribution < -0.4 is 4.74 Å². The first-order valence-electron chi connectivity index (χ1n) is 1.90. The van der Waals surface area contributed by atoms with Gasteiger partial charge in [0.1, 0.15) is 0 Å². The molecule has 0 spiro atoms. The Labute approximate surface area is 54.8 Å². The van der Waals surface area contributed by atoms with Crippen LogP contribution >= 0.6 is 22.9 Å². The molecule has 8 heavy (non-hydrogen) atoms. The molecule has 2 nitrogen and oxygen atoms in total. The summed E-state index contributed by atoms with van der Waals surface area (Å²) in [5.41, 5.74) is 0. The van der Waals surface area contributed by atoms with Crippen LogP contribution in [0, 0.1) is 0 Å². The van der Waals surface area contributed by atoms with Gasteiger partial charge in [-0.1, -0.05) is 22.9 Å². The summed E-state index contributed by atoms with van der Waals surface area (Å²) in [5.74, 6) is 0. The second kappa shape index (κ2) is 2.24. The Hall–Kier alpha value is -0.410. The molecule has 0 aliphatic heterocycles. The van der Waals surface area contributed by atoms with Crippen molar-refractivity contribution in [1.29, 1.82) is 0 Å². The average Bonchev–Trinajstić information content (AvgIpc) is 1.77. The minimum atomic E-state index is -0.186. The van der Waals surface area contributed by atoms with Gasteiger partial charge in [0.05, 0.1) is 0 Å². The first-order chi connectivity index (χ1) is 3.80. The summed E-state index contributed by atoms with van der Waals surface area (Å²) >= 11 is 6.34. The van der Waals surface area contributed by atoms with Crippen LogP contribution in [-0.2, 0) is 0 Å². The molecule has 0 saturated heterocycles. The summed E-state index contributed by atoms with van der Waals surface area (Å²) in [6, 6.07) is 0. The predicted octanol–water partition coefficient (Wildman–Crippen LogP) is 1.16. The van der Waals surface area contributed by atoms with E-state index in [9.17, 15) is 4.79 Å². The molecule has 0 amide bonds. The third-order valence-electron chi connectivity index (χ3n) is 0.592. The van der Waals surface area contributed by atoms with Crippen molar-refractivity contribution in [2.45, 2.75) is 0 Å². The maximum atomic E-state index is 10.4. The highest BCUT2D eigenvalue weighted by atomic mass is 35.5. The number of halogens is 1. The van der Waals surface area contributed by atoms with E-state index >= 15 is 0 Å². The summed E-state index contributed by atoms with van der Waals surface area (Å²) in [7, 11) is 0. The van der Waals surface area contributed by atoms with Crippen LogP contribution in [0.15, 0.2) is 16.4 Å². The molecule has 4 heteroatoms. The quantitative estimate of drug-likeness (QED) is 0.551. The SMILES string of the molecule is O=c1sccnc1Cl. The lowest BCUT2D eigenvalue weighted by molar-refractivity contribution is 1.34. The van der Waals surface area contributed by atoms with Crippen molar-refractivity contribution in [2.75, 3.05) is 0 Å². The van der Waals surface area contributed by atoms with E-state index in [4.69, 9.17) is 11.6 Å². The van der Waals surface area contributed by atoms with Gasteiger partial charge in [0.25, 0.3) is 4.74 Å². The van der Waals surface area contributed by atoms with Gasteiger partial charge < -0.3 is 0 Å². The molecule has 0 aromatic carbocycles. The molecule has 0 saturated carbocycles. The lowest BCUT2D eigenvalue weighted by Crippen LogP contribution is -1.94. The molecule has 0 atom stereocenters. The summed E-state index contributed by atoms with van der Waals surface area (Å²) in [5, 5.41) is 1.64. The number of rotatable bonds is 0. The smallest absolute Gasteiger partial charge is 0.269 e.